The highest BCUT2D eigenvalue weighted by Crippen LogP contribution is 2.29. The SMILES string of the molecule is C1CCCNCC1.C1CCNC1.C=C(N)CNC(=O)c1cccc(C(F)(F)F)c1. The predicted molar refractivity (Wildman–Crippen MR) is 111 cm³/mol. The molecular formula is C21H33F3N4O. The van der Waals surface area contributed by atoms with Crippen molar-refractivity contribution in [3.63, 3.8) is 0 Å². The zero-order valence-electron chi connectivity index (χ0n) is 16.9. The number of nitrogens with one attached hydrogen (secondary N) is 3. The van der Waals surface area contributed by atoms with E-state index < -0.39 is 17.6 Å². The van der Waals surface area contributed by atoms with Crippen molar-refractivity contribution in [1.29, 1.82) is 0 Å². The van der Waals surface area contributed by atoms with Crippen LogP contribution in [0.1, 0.15) is 54.4 Å². The first kappa shape index (κ1) is 25.0. The van der Waals surface area contributed by atoms with E-state index in [1.807, 2.05) is 0 Å². The maximum atomic E-state index is 12.4. The van der Waals surface area contributed by atoms with E-state index >= 15 is 0 Å². The van der Waals surface area contributed by atoms with Crippen molar-refractivity contribution in [2.24, 2.45) is 5.73 Å². The molecule has 5 nitrogen and oxygen atoms in total. The number of alkyl halides is 3. The molecule has 5 N–H and O–H groups in total. The van der Waals surface area contributed by atoms with E-state index in [1.54, 1.807) is 0 Å². The molecule has 29 heavy (non-hydrogen) atoms. The topological polar surface area (TPSA) is 79.2 Å². The number of hydrogen-bond acceptors (Lipinski definition) is 4. The van der Waals surface area contributed by atoms with Gasteiger partial charge in [0.2, 0.25) is 0 Å². The molecule has 0 unspecified atom stereocenters. The Labute approximate surface area is 171 Å². The normalized spacial score (nSPS) is 16.4. The first-order valence-electron chi connectivity index (χ1n) is 10.1. The lowest BCUT2D eigenvalue weighted by atomic mass is 10.1. The molecule has 0 saturated carbocycles. The van der Waals surface area contributed by atoms with Crippen molar-refractivity contribution in [1.82, 2.24) is 16.0 Å². The van der Waals surface area contributed by atoms with Gasteiger partial charge in [0.25, 0.3) is 5.91 Å². The van der Waals surface area contributed by atoms with E-state index in [9.17, 15) is 18.0 Å². The van der Waals surface area contributed by atoms with Crippen LogP contribution in [-0.4, -0.2) is 38.6 Å². The smallest absolute Gasteiger partial charge is 0.401 e. The second-order valence-electron chi connectivity index (χ2n) is 7.04. The van der Waals surface area contributed by atoms with E-state index in [0.717, 1.165) is 12.1 Å². The lowest BCUT2D eigenvalue weighted by Crippen LogP contribution is -2.27. The van der Waals surface area contributed by atoms with Gasteiger partial charge in [0.1, 0.15) is 0 Å². The fraction of sp³-hybridized carbons (Fsp3) is 0.571. The first-order valence-corrected chi connectivity index (χ1v) is 10.1. The summed E-state index contributed by atoms with van der Waals surface area (Å²) in [5, 5.41) is 8.92. The standard InChI is InChI=1S/C11H11F3N2O.C6H13N.C4H9N/c1-7(15)6-16-10(17)8-3-2-4-9(5-8)11(12,13)14;1-2-4-6-7-5-3-1;1-2-4-5-3-1/h2-5H,1,6,15H2,(H,16,17);7H,1-6H2;5H,1-4H2. The lowest BCUT2D eigenvalue weighted by molar-refractivity contribution is -0.137. The Morgan fingerprint density at radius 2 is 1.52 bits per heavy atom. The highest BCUT2D eigenvalue weighted by molar-refractivity contribution is 5.94. The van der Waals surface area contributed by atoms with Crippen LogP contribution in [0.15, 0.2) is 36.5 Å². The molecule has 1 aromatic rings. The van der Waals surface area contributed by atoms with Crippen LogP contribution >= 0.6 is 0 Å². The van der Waals surface area contributed by atoms with Crippen LogP contribution in [-0.2, 0) is 6.18 Å². The number of rotatable bonds is 3. The second-order valence-corrected chi connectivity index (χ2v) is 7.04. The molecule has 1 amide bonds. The Morgan fingerprint density at radius 3 is 2.00 bits per heavy atom. The van der Waals surface area contributed by atoms with Gasteiger partial charge >= 0.3 is 6.18 Å². The molecule has 8 heteroatoms. The largest absolute Gasteiger partial charge is 0.416 e. The van der Waals surface area contributed by atoms with Gasteiger partial charge < -0.3 is 21.7 Å². The maximum Gasteiger partial charge on any atom is 0.416 e. The molecule has 3 rings (SSSR count). The minimum absolute atomic E-state index is 0.0229. The Morgan fingerprint density at radius 1 is 1.00 bits per heavy atom. The third kappa shape index (κ3) is 12.2. The number of benzene rings is 1. The lowest BCUT2D eigenvalue weighted by Gasteiger charge is -2.09. The molecule has 0 atom stereocenters. The highest BCUT2D eigenvalue weighted by atomic mass is 19.4. The van der Waals surface area contributed by atoms with Crippen LogP contribution in [0.3, 0.4) is 0 Å². The molecule has 2 heterocycles. The molecular weight excluding hydrogens is 381 g/mol. The molecule has 0 aliphatic carbocycles. The molecule has 2 aliphatic rings. The molecule has 2 fully saturated rings. The Balaban J connectivity index is 0.000000282. The summed E-state index contributed by atoms with van der Waals surface area (Å²) in [6, 6.07) is 4.16. The van der Waals surface area contributed by atoms with E-state index in [1.165, 1.54) is 76.8 Å². The monoisotopic (exact) mass is 414 g/mol. The van der Waals surface area contributed by atoms with Crippen LogP contribution in [0.5, 0.6) is 0 Å². The average Bonchev–Trinajstić information content (AvgIpc) is 3.14. The summed E-state index contributed by atoms with van der Waals surface area (Å²) >= 11 is 0. The third-order valence-corrected chi connectivity index (χ3v) is 4.34. The summed E-state index contributed by atoms with van der Waals surface area (Å²) in [5.41, 5.74) is 4.52. The number of amides is 1. The second kappa shape index (κ2) is 14.0. The van der Waals surface area contributed by atoms with Crippen LogP contribution in [0.4, 0.5) is 13.2 Å². The van der Waals surface area contributed by atoms with Gasteiger partial charge in [-0.25, -0.2) is 0 Å². The van der Waals surface area contributed by atoms with Crippen molar-refractivity contribution >= 4 is 5.91 Å². The van der Waals surface area contributed by atoms with E-state index in [2.05, 4.69) is 22.5 Å². The molecule has 0 aromatic heterocycles. The number of hydrogen-bond donors (Lipinski definition) is 4. The summed E-state index contributed by atoms with van der Waals surface area (Å²) in [6.07, 6.45) is 3.97. The molecule has 2 saturated heterocycles. The summed E-state index contributed by atoms with van der Waals surface area (Å²) in [5.74, 6) is -0.623. The van der Waals surface area contributed by atoms with Crippen molar-refractivity contribution < 1.29 is 18.0 Å². The van der Waals surface area contributed by atoms with Crippen molar-refractivity contribution in [3.8, 4) is 0 Å². The van der Waals surface area contributed by atoms with Crippen LogP contribution < -0.4 is 21.7 Å². The quantitative estimate of drug-likeness (QED) is 0.611. The van der Waals surface area contributed by atoms with Gasteiger partial charge in [0.05, 0.1) is 12.1 Å². The molecule has 1 aromatic carbocycles. The fourth-order valence-corrected chi connectivity index (χ4v) is 2.74. The summed E-state index contributed by atoms with van der Waals surface area (Å²) in [7, 11) is 0. The molecule has 0 bridgehead atoms. The van der Waals surface area contributed by atoms with Gasteiger partial charge in [-0.15, -0.1) is 0 Å². The zero-order chi connectivity index (χ0) is 21.5. The minimum Gasteiger partial charge on any atom is -0.401 e. The number of carbonyl (C=O) groups excluding carboxylic acids is 1. The van der Waals surface area contributed by atoms with E-state index in [4.69, 9.17) is 5.73 Å². The van der Waals surface area contributed by atoms with Gasteiger partial charge in [-0.1, -0.05) is 25.5 Å². The third-order valence-electron chi connectivity index (χ3n) is 4.34. The van der Waals surface area contributed by atoms with Crippen LogP contribution in [0.25, 0.3) is 0 Å². The van der Waals surface area contributed by atoms with Crippen molar-refractivity contribution in [2.45, 2.75) is 44.7 Å². The zero-order valence-corrected chi connectivity index (χ0v) is 16.9. The summed E-state index contributed by atoms with van der Waals surface area (Å²) in [6.45, 7) is 8.38. The highest BCUT2D eigenvalue weighted by Gasteiger charge is 2.30. The van der Waals surface area contributed by atoms with Gasteiger partial charge in [-0.2, -0.15) is 13.2 Å². The number of carbonyl (C=O) groups is 1. The number of halogens is 3. The summed E-state index contributed by atoms with van der Waals surface area (Å²) < 4.78 is 37.1. The van der Waals surface area contributed by atoms with Gasteiger partial charge in [0.15, 0.2) is 0 Å². The van der Waals surface area contributed by atoms with E-state index in [-0.39, 0.29) is 17.8 Å². The molecule has 0 spiro atoms. The Bertz CT molecular complexity index is 589. The molecule has 164 valence electrons. The van der Waals surface area contributed by atoms with Crippen LogP contribution in [0, 0.1) is 0 Å². The summed E-state index contributed by atoms with van der Waals surface area (Å²) in [4.78, 5) is 11.5. The minimum atomic E-state index is -4.46. The van der Waals surface area contributed by atoms with Crippen molar-refractivity contribution in [2.75, 3.05) is 32.7 Å². The average molecular weight is 415 g/mol. The fourth-order valence-electron chi connectivity index (χ4n) is 2.74. The Hall–Kier alpha value is -2.06. The first-order chi connectivity index (χ1) is 13.8. The van der Waals surface area contributed by atoms with Gasteiger partial charge in [0, 0.05) is 11.3 Å². The predicted octanol–water partition coefficient (Wildman–Crippen LogP) is 3.43. The Kier molecular flexibility index (Phi) is 12.1. The van der Waals surface area contributed by atoms with Crippen LogP contribution in [0.2, 0.25) is 0 Å². The van der Waals surface area contributed by atoms with Gasteiger partial charge in [-0.3, -0.25) is 4.79 Å². The number of nitrogens with two attached hydrogens (primary N) is 1. The van der Waals surface area contributed by atoms with E-state index in [0.29, 0.717) is 0 Å². The maximum absolute atomic E-state index is 12.4. The van der Waals surface area contributed by atoms with Crippen molar-refractivity contribution in [3.05, 3.63) is 47.7 Å². The molecule has 2 aliphatic heterocycles. The molecule has 0 radical (unpaired) electrons. The van der Waals surface area contributed by atoms with Gasteiger partial charge in [-0.05, 0) is 70.1 Å².